The van der Waals surface area contributed by atoms with E-state index in [-0.39, 0.29) is 5.78 Å². The largest absolute Gasteiger partial charge is 0.493 e. The van der Waals surface area contributed by atoms with Crippen molar-refractivity contribution in [1.82, 2.24) is 0 Å². The predicted molar refractivity (Wildman–Crippen MR) is 66.0 cm³/mol. The van der Waals surface area contributed by atoms with E-state index in [0.717, 1.165) is 23.3 Å². The van der Waals surface area contributed by atoms with Crippen molar-refractivity contribution in [3.05, 3.63) is 42.0 Å². The van der Waals surface area contributed by atoms with Gasteiger partial charge in [0.25, 0.3) is 0 Å². The average Bonchev–Trinajstić information content (AvgIpc) is 2.28. The van der Waals surface area contributed by atoms with E-state index in [4.69, 9.17) is 4.74 Å². The third-order valence-electron chi connectivity index (χ3n) is 2.27. The number of ether oxygens (including phenoxy) is 1. The second-order valence-corrected chi connectivity index (χ2v) is 3.86. The molecule has 16 heavy (non-hydrogen) atoms. The van der Waals surface area contributed by atoms with Crippen molar-refractivity contribution in [3.8, 4) is 5.75 Å². The van der Waals surface area contributed by atoms with E-state index < -0.39 is 0 Å². The maximum atomic E-state index is 11.5. The molecule has 0 saturated heterocycles. The Morgan fingerprint density at radius 3 is 2.81 bits per heavy atom. The van der Waals surface area contributed by atoms with Crippen LogP contribution < -0.4 is 4.74 Å². The number of rotatable bonds is 6. The number of ketones is 1. The maximum Gasteiger partial charge on any atom is 0.162 e. The quantitative estimate of drug-likeness (QED) is 0.538. The molecule has 0 aliphatic carbocycles. The van der Waals surface area contributed by atoms with Crippen molar-refractivity contribution >= 4 is 5.78 Å². The molecule has 1 aromatic carbocycles. The smallest absolute Gasteiger partial charge is 0.162 e. The van der Waals surface area contributed by atoms with Crippen molar-refractivity contribution in [2.45, 2.75) is 26.7 Å². The normalized spacial score (nSPS) is 9.88. The van der Waals surface area contributed by atoms with Gasteiger partial charge >= 0.3 is 0 Å². The fourth-order valence-corrected chi connectivity index (χ4v) is 1.31. The number of carbonyl (C=O) groups is 1. The minimum atomic E-state index is 0.144. The third-order valence-corrected chi connectivity index (χ3v) is 2.27. The summed E-state index contributed by atoms with van der Waals surface area (Å²) in [6.45, 7) is 8.25. The topological polar surface area (TPSA) is 26.3 Å². The lowest BCUT2D eigenvalue weighted by atomic mass is 10.1. The van der Waals surface area contributed by atoms with Crippen LogP contribution in [0, 0.1) is 0 Å². The lowest BCUT2D eigenvalue weighted by Gasteiger charge is -2.07. The van der Waals surface area contributed by atoms with Gasteiger partial charge in [-0.3, -0.25) is 4.79 Å². The van der Waals surface area contributed by atoms with Crippen molar-refractivity contribution in [2.24, 2.45) is 0 Å². The first kappa shape index (κ1) is 12.5. The second kappa shape index (κ2) is 6.11. The molecule has 0 aromatic heterocycles. The number of hydrogen-bond donors (Lipinski definition) is 0. The highest BCUT2D eigenvalue weighted by atomic mass is 16.5. The van der Waals surface area contributed by atoms with E-state index in [1.807, 2.05) is 32.0 Å². The zero-order valence-corrected chi connectivity index (χ0v) is 9.95. The van der Waals surface area contributed by atoms with E-state index in [1.54, 1.807) is 6.07 Å². The summed E-state index contributed by atoms with van der Waals surface area (Å²) in [7, 11) is 0. The minimum Gasteiger partial charge on any atom is -0.493 e. The molecule has 0 heterocycles. The van der Waals surface area contributed by atoms with Gasteiger partial charge in [-0.25, -0.2) is 0 Å². The van der Waals surface area contributed by atoms with Gasteiger partial charge in [0.2, 0.25) is 0 Å². The molecule has 86 valence electrons. The average molecular weight is 218 g/mol. The Morgan fingerprint density at radius 2 is 2.19 bits per heavy atom. The Hall–Kier alpha value is -1.57. The fraction of sp³-hybridized carbons (Fsp3) is 0.357. The van der Waals surface area contributed by atoms with Crippen LogP contribution in [0.4, 0.5) is 0 Å². The van der Waals surface area contributed by atoms with Crippen molar-refractivity contribution in [1.29, 1.82) is 0 Å². The summed E-state index contributed by atoms with van der Waals surface area (Å²) in [6, 6.07) is 7.32. The zero-order chi connectivity index (χ0) is 12.0. The molecule has 0 bridgehead atoms. The van der Waals surface area contributed by atoms with Gasteiger partial charge in [0.15, 0.2) is 5.78 Å². The first-order valence-electron chi connectivity index (χ1n) is 5.54. The third kappa shape index (κ3) is 3.89. The Bertz CT molecular complexity index is 380. The standard InChI is InChI=1S/C14H18O2/c1-4-14(15)12-6-5-7-13(10-12)16-9-8-11(2)3/h5-7,10H,2,4,8-9H2,1,3H3. The van der Waals surface area contributed by atoms with E-state index in [0.29, 0.717) is 13.0 Å². The first-order valence-corrected chi connectivity index (χ1v) is 5.54. The highest BCUT2D eigenvalue weighted by Crippen LogP contribution is 2.15. The lowest BCUT2D eigenvalue weighted by Crippen LogP contribution is -2.00. The summed E-state index contributed by atoms with van der Waals surface area (Å²) in [5.41, 5.74) is 1.82. The van der Waals surface area contributed by atoms with E-state index in [2.05, 4.69) is 6.58 Å². The Morgan fingerprint density at radius 1 is 1.44 bits per heavy atom. The molecule has 2 nitrogen and oxygen atoms in total. The molecule has 0 fully saturated rings. The molecule has 0 spiro atoms. The van der Waals surface area contributed by atoms with Crippen LogP contribution in [-0.2, 0) is 0 Å². The summed E-state index contributed by atoms with van der Waals surface area (Å²) < 4.78 is 5.54. The molecular weight excluding hydrogens is 200 g/mol. The van der Waals surface area contributed by atoms with Gasteiger partial charge in [-0.2, -0.15) is 0 Å². The monoisotopic (exact) mass is 218 g/mol. The summed E-state index contributed by atoms with van der Waals surface area (Å²) >= 11 is 0. The van der Waals surface area contributed by atoms with Crippen LogP contribution in [0.3, 0.4) is 0 Å². The summed E-state index contributed by atoms with van der Waals surface area (Å²) in [5, 5.41) is 0. The van der Waals surface area contributed by atoms with Crippen LogP contribution in [0.1, 0.15) is 37.0 Å². The number of Topliss-reactive ketones (excluding diaryl/α,β-unsaturated/α-hetero) is 1. The zero-order valence-electron chi connectivity index (χ0n) is 9.95. The minimum absolute atomic E-state index is 0.144. The molecular formula is C14H18O2. The van der Waals surface area contributed by atoms with Gasteiger partial charge in [0.1, 0.15) is 5.75 Å². The SMILES string of the molecule is C=C(C)CCOc1cccc(C(=O)CC)c1. The molecule has 0 N–H and O–H groups in total. The number of hydrogen-bond acceptors (Lipinski definition) is 2. The van der Waals surface area contributed by atoms with Crippen LogP contribution in [0.15, 0.2) is 36.4 Å². The van der Waals surface area contributed by atoms with Gasteiger partial charge in [-0.15, -0.1) is 6.58 Å². The summed E-state index contributed by atoms with van der Waals surface area (Å²) in [4.78, 5) is 11.5. The van der Waals surface area contributed by atoms with Crippen molar-refractivity contribution < 1.29 is 9.53 Å². The predicted octanol–water partition coefficient (Wildman–Crippen LogP) is 3.62. The molecule has 0 amide bonds. The number of carbonyl (C=O) groups excluding carboxylic acids is 1. The summed E-state index contributed by atoms with van der Waals surface area (Å²) in [6.07, 6.45) is 1.36. The fourth-order valence-electron chi connectivity index (χ4n) is 1.31. The van der Waals surface area contributed by atoms with Crippen LogP contribution in [-0.4, -0.2) is 12.4 Å². The van der Waals surface area contributed by atoms with Crippen molar-refractivity contribution in [3.63, 3.8) is 0 Å². The Labute approximate surface area is 96.9 Å². The molecule has 0 aliphatic rings. The van der Waals surface area contributed by atoms with E-state index >= 15 is 0 Å². The molecule has 1 rings (SSSR count). The first-order chi connectivity index (χ1) is 7.63. The lowest BCUT2D eigenvalue weighted by molar-refractivity contribution is 0.0987. The Balaban J connectivity index is 2.60. The molecule has 0 saturated carbocycles. The van der Waals surface area contributed by atoms with Gasteiger partial charge in [-0.05, 0) is 19.1 Å². The van der Waals surface area contributed by atoms with Gasteiger partial charge in [-0.1, -0.05) is 24.6 Å². The maximum absolute atomic E-state index is 11.5. The molecule has 2 heteroatoms. The highest BCUT2D eigenvalue weighted by Gasteiger charge is 2.03. The molecule has 0 atom stereocenters. The molecule has 1 aromatic rings. The highest BCUT2D eigenvalue weighted by molar-refractivity contribution is 5.96. The van der Waals surface area contributed by atoms with Gasteiger partial charge in [0.05, 0.1) is 6.61 Å². The molecule has 0 radical (unpaired) electrons. The van der Waals surface area contributed by atoms with Gasteiger partial charge < -0.3 is 4.74 Å². The molecule has 0 aliphatic heterocycles. The van der Waals surface area contributed by atoms with E-state index in [1.165, 1.54) is 0 Å². The van der Waals surface area contributed by atoms with Crippen LogP contribution >= 0.6 is 0 Å². The number of benzene rings is 1. The van der Waals surface area contributed by atoms with Crippen LogP contribution in [0.25, 0.3) is 0 Å². The van der Waals surface area contributed by atoms with E-state index in [9.17, 15) is 4.79 Å². The van der Waals surface area contributed by atoms with Gasteiger partial charge in [0, 0.05) is 18.4 Å². The van der Waals surface area contributed by atoms with Crippen molar-refractivity contribution in [2.75, 3.05) is 6.61 Å². The second-order valence-electron chi connectivity index (χ2n) is 3.86. The Kier molecular flexibility index (Phi) is 4.77. The molecule has 0 unspecified atom stereocenters. The van der Waals surface area contributed by atoms with Crippen LogP contribution in [0.5, 0.6) is 5.75 Å². The summed E-state index contributed by atoms with van der Waals surface area (Å²) in [5.74, 6) is 0.894. The van der Waals surface area contributed by atoms with Crippen LogP contribution in [0.2, 0.25) is 0 Å².